The highest BCUT2D eigenvalue weighted by atomic mass is 16.3. The molecule has 0 aliphatic carbocycles. The fourth-order valence-corrected chi connectivity index (χ4v) is 3.24. The van der Waals surface area contributed by atoms with Gasteiger partial charge in [-0.2, -0.15) is 0 Å². The number of imidazole rings is 1. The molecule has 0 radical (unpaired) electrons. The second-order valence-electron chi connectivity index (χ2n) is 6.69. The van der Waals surface area contributed by atoms with Crippen LogP contribution < -0.4 is 10.3 Å². The first-order valence-corrected chi connectivity index (χ1v) is 8.72. The predicted molar refractivity (Wildman–Crippen MR) is 101 cm³/mol. The average Bonchev–Trinajstić information content (AvgIpc) is 2.88. The Morgan fingerprint density at radius 2 is 1.76 bits per heavy atom. The highest BCUT2D eigenvalue weighted by molar-refractivity contribution is 5.73. The van der Waals surface area contributed by atoms with E-state index in [4.69, 9.17) is 5.73 Å². The van der Waals surface area contributed by atoms with Crippen LogP contribution in [-0.2, 0) is 13.1 Å². The number of fused-ring (bicyclic) bond motifs is 1. The Kier molecular flexibility index (Phi) is 5.36. The summed E-state index contributed by atoms with van der Waals surface area (Å²) in [7, 11) is 4.15. The second kappa shape index (κ2) is 7.68. The van der Waals surface area contributed by atoms with Crippen LogP contribution in [-0.4, -0.2) is 35.2 Å². The minimum atomic E-state index is -0.588. The number of aliphatic hydroxyl groups is 1. The van der Waals surface area contributed by atoms with Gasteiger partial charge in [0.1, 0.15) is 23.7 Å². The fraction of sp³-hybridized carbons (Fsp3) is 0.350. The molecule has 2 aromatic carbocycles. The third-order valence-electron chi connectivity index (χ3n) is 4.54. The average molecular weight is 339 g/mol. The Morgan fingerprint density at radius 1 is 1.08 bits per heavy atom. The lowest BCUT2D eigenvalue weighted by Crippen LogP contribution is -2.39. The number of para-hydroxylation sites is 2. The summed E-state index contributed by atoms with van der Waals surface area (Å²) >= 11 is 0. The van der Waals surface area contributed by atoms with Gasteiger partial charge in [-0.3, -0.25) is 5.73 Å². The standard InChI is InChI=1S/C20H26N4O/c1-22(2)13-8-14-23-17-11-6-7-12-18(17)24(20(23)21)15-19(25)16-9-4-3-5-10-16/h3-7,9-12,19,21,25H,8,13-15H2,1-2H3/p+1/t19-/m1/s1. The Morgan fingerprint density at radius 3 is 2.48 bits per heavy atom. The molecule has 0 amide bonds. The quantitative estimate of drug-likeness (QED) is 0.649. The van der Waals surface area contributed by atoms with Gasteiger partial charge in [-0.25, -0.2) is 9.13 Å². The van der Waals surface area contributed by atoms with Crippen LogP contribution in [0.1, 0.15) is 18.1 Å². The van der Waals surface area contributed by atoms with E-state index in [-0.39, 0.29) is 0 Å². The van der Waals surface area contributed by atoms with Crippen molar-refractivity contribution >= 4 is 17.0 Å². The molecular formula is C20H27N4O+. The largest absolute Gasteiger partial charge is 0.385 e. The predicted octanol–water partition coefficient (Wildman–Crippen LogP) is 2.20. The maximum absolute atomic E-state index is 10.6. The first kappa shape index (κ1) is 17.5. The van der Waals surface area contributed by atoms with Crippen molar-refractivity contribution in [2.24, 2.45) is 0 Å². The summed E-state index contributed by atoms with van der Waals surface area (Å²) in [5.74, 6) is 0.690. The van der Waals surface area contributed by atoms with E-state index in [2.05, 4.69) is 35.7 Å². The molecule has 0 aliphatic rings. The van der Waals surface area contributed by atoms with Gasteiger partial charge in [0.05, 0.1) is 6.54 Å². The summed E-state index contributed by atoms with van der Waals surface area (Å²) in [6.45, 7) is 2.31. The van der Waals surface area contributed by atoms with Gasteiger partial charge in [0, 0.05) is 6.54 Å². The molecule has 3 N–H and O–H groups in total. The summed E-state index contributed by atoms with van der Waals surface area (Å²) in [5.41, 5.74) is 9.53. The molecule has 25 heavy (non-hydrogen) atoms. The van der Waals surface area contributed by atoms with E-state index in [1.807, 2.05) is 47.0 Å². The molecule has 1 aromatic heterocycles. The normalized spacial score (nSPS) is 12.8. The Hall–Kier alpha value is -2.37. The molecule has 0 unspecified atom stereocenters. The first-order valence-electron chi connectivity index (χ1n) is 8.72. The lowest BCUT2D eigenvalue weighted by molar-refractivity contribution is -0.666. The zero-order valence-electron chi connectivity index (χ0n) is 15.0. The molecular weight excluding hydrogens is 312 g/mol. The Labute approximate surface area is 148 Å². The van der Waals surface area contributed by atoms with Gasteiger partial charge in [-0.15, -0.1) is 0 Å². The number of nitrogens with two attached hydrogens (primary N) is 1. The number of rotatable bonds is 7. The molecule has 0 saturated heterocycles. The molecule has 0 saturated carbocycles. The van der Waals surface area contributed by atoms with Gasteiger partial charge in [-0.1, -0.05) is 42.5 Å². The van der Waals surface area contributed by atoms with Gasteiger partial charge in [0.25, 0.3) is 0 Å². The van der Waals surface area contributed by atoms with Crippen LogP contribution in [0.15, 0.2) is 54.6 Å². The highest BCUT2D eigenvalue weighted by Crippen LogP contribution is 2.19. The first-order chi connectivity index (χ1) is 12.1. The third kappa shape index (κ3) is 3.83. The van der Waals surface area contributed by atoms with Crippen LogP contribution in [0.3, 0.4) is 0 Å². The van der Waals surface area contributed by atoms with Gasteiger partial charge in [0.2, 0.25) is 0 Å². The molecule has 5 heteroatoms. The summed E-state index contributed by atoms with van der Waals surface area (Å²) in [4.78, 5) is 2.18. The van der Waals surface area contributed by atoms with Crippen LogP contribution >= 0.6 is 0 Å². The van der Waals surface area contributed by atoms with Crippen LogP contribution in [0.2, 0.25) is 0 Å². The molecule has 1 heterocycles. The second-order valence-corrected chi connectivity index (χ2v) is 6.69. The molecule has 0 bridgehead atoms. The van der Waals surface area contributed by atoms with Crippen LogP contribution in [0.4, 0.5) is 5.95 Å². The van der Waals surface area contributed by atoms with E-state index in [9.17, 15) is 5.11 Å². The van der Waals surface area contributed by atoms with E-state index in [0.717, 1.165) is 36.1 Å². The molecule has 3 aromatic rings. The van der Waals surface area contributed by atoms with E-state index < -0.39 is 6.10 Å². The van der Waals surface area contributed by atoms with Crippen molar-refractivity contribution in [3.63, 3.8) is 0 Å². The SMILES string of the molecule is CN(C)CCCn1c(N)[n+](C[C@@H](O)c2ccccc2)c2ccccc21. The minimum Gasteiger partial charge on any atom is -0.385 e. The molecule has 132 valence electrons. The number of nitrogens with zero attached hydrogens (tertiary/aromatic N) is 3. The maximum atomic E-state index is 10.6. The maximum Gasteiger partial charge on any atom is 0.356 e. The van der Waals surface area contributed by atoms with Crippen molar-refractivity contribution in [1.82, 2.24) is 9.47 Å². The Balaban J connectivity index is 1.91. The van der Waals surface area contributed by atoms with Crippen molar-refractivity contribution in [2.75, 3.05) is 26.4 Å². The summed E-state index contributed by atoms with van der Waals surface area (Å²) in [6.07, 6.45) is 0.437. The van der Waals surface area contributed by atoms with Crippen LogP contribution in [0.5, 0.6) is 0 Å². The molecule has 3 rings (SSSR count). The lowest BCUT2D eigenvalue weighted by Gasteiger charge is -2.11. The fourth-order valence-electron chi connectivity index (χ4n) is 3.24. The minimum absolute atomic E-state index is 0.442. The van der Waals surface area contributed by atoms with Crippen molar-refractivity contribution in [2.45, 2.75) is 25.6 Å². The molecule has 0 aliphatic heterocycles. The number of anilines is 1. The monoisotopic (exact) mass is 339 g/mol. The molecule has 5 nitrogen and oxygen atoms in total. The summed E-state index contributed by atoms with van der Waals surface area (Å²) in [5, 5.41) is 10.6. The lowest BCUT2D eigenvalue weighted by atomic mass is 10.1. The number of aryl methyl sites for hydroxylation is 1. The molecule has 1 atom stereocenters. The van der Waals surface area contributed by atoms with E-state index in [1.54, 1.807) is 0 Å². The van der Waals surface area contributed by atoms with Crippen molar-refractivity contribution in [1.29, 1.82) is 0 Å². The van der Waals surface area contributed by atoms with E-state index in [1.165, 1.54) is 0 Å². The smallest absolute Gasteiger partial charge is 0.356 e. The molecule has 0 spiro atoms. The van der Waals surface area contributed by atoms with Crippen molar-refractivity contribution in [3.05, 3.63) is 60.2 Å². The number of hydrogen-bond donors (Lipinski definition) is 2. The number of benzene rings is 2. The third-order valence-corrected chi connectivity index (χ3v) is 4.54. The Bertz CT molecular complexity index is 826. The van der Waals surface area contributed by atoms with Crippen molar-refractivity contribution < 1.29 is 9.67 Å². The number of aromatic nitrogens is 2. The zero-order valence-corrected chi connectivity index (χ0v) is 15.0. The van der Waals surface area contributed by atoms with Gasteiger partial charge in [0.15, 0.2) is 0 Å². The number of hydrogen-bond acceptors (Lipinski definition) is 3. The summed E-state index contributed by atoms with van der Waals surface area (Å²) < 4.78 is 4.17. The van der Waals surface area contributed by atoms with E-state index in [0.29, 0.717) is 12.5 Å². The summed E-state index contributed by atoms with van der Waals surface area (Å²) in [6, 6.07) is 17.9. The van der Waals surface area contributed by atoms with Gasteiger partial charge in [-0.05, 0) is 38.2 Å². The highest BCUT2D eigenvalue weighted by Gasteiger charge is 2.23. The zero-order chi connectivity index (χ0) is 17.8. The van der Waals surface area contributed by atoms with Crippen LogP contribution in [0.25, 0.3) is 11.0 Å². The number of aliphatic hydroxyl groups excluding tert-OH is 1. The van der Waals surface area contributed by atoms with Gasteiger partial charge < -0.3 is 10.0 Å². The molecule has 0 fully saturated rings. The van der Waals surface area contributed by atoms with Gasteiger partial charge >= 0.3 is 5.95 Å². The van der Waals surface area contributed by atoms with Crippen LogP contribution in [0, 0.1) is 0 Å². The number of nitrogen functional groups attached to an aromatic ring is 1. The van der Waals surface area contributed by atoms with E-state index >= 15 is 0 Å². The topological polar surface area (TPSA) is 58.3 Å². The van der Waals surface area contributed by atoms with Crippen molar-refractivity contribution in [3.8, 4) is 0 Å².